The predicted octanol–water partition coefficient (Wildman–Crippen LogP) is 3.41. The summed E-state index contributed by atoms with van der Waals surface area (Å²) in [5.41, 5.74) is 0.978. The van der Waals surface area contributed by atoms with Crippen LogP contribution in [0.3, 0.4) is 0 Å². The van der Waals surface area contributed by atoms with E-state index in [1.54, 1.807) is 18.5 Å². The zero-order valence-corrected chi connectivity index (χ0v) is 16.1. The van der Waals surface area contributed by atoms with Crippen LogP contribution in [0.2, 0.25) is 0 Å². The second-order valence-electron chi connectivity index (χ2n) is 7.10. The summed E-state index contributed by atoms with van der Waals surface area (Å²) in [6, 6.07) is 15.8. The minimum Gasteiger partial charge on any atom is -0.491 e. The quantitative estimate of drug-likeness (QED) is 0.616. The molecule has 1 fully saturated rings. The Bertz CT molecular complexity index is 943. The molecule has 1 aliphatic heterocycles. The van der Waals surface area contributed by atoms with Gasteiger partial charge in [0, 0.05) is 25.1 Å². The molecule has 1 amide bonds. The van der Waals surface area contributed by atoms with Gasteiger partial charge in [0.2, 0.25) is 5.91 Å². The van der Waals surface area contributed by atoms with Crippen LogP contribution >= 0.6 is 0 Å². The van der Waals surface area contributed by atoms with Crippen molar-refractivity contribution >= 4 is 5.91 Å². The molecule has 1 atom stereocenters. The summed E-state index contributed by atoms with van der Waals surface area (Å²) < 4.78 is 20.7. The number of aryl methyl sites for hydroxylation is 1. The SMILES string of the molecule is O=C(CCc1nncn1-c1ccccc1)N1CCCC1COc1ccc(F)cc1. The number of ether oxygens (including phenoxy) is 1. The minimum atomic E-state index is -0.293. The number of likely N-dealkylation sites (tertiary alicyclic amines) is 1. The lowest BCUT2D eigenvalue weighted by Crippen LogP contribution is -2.39. The Balaban J connectivity index is 1.33. The number of para-hydroxylation sites is 1. The smallest absolute Gasteiger partial charge is 0.223 e. The van der Waals surface area contributed by atoms with Crippen molar-refractivity contribution in [1.29, 1.82) is 0 Å². The zero-order valence-electron chi connectivity index (χ0n) is 16.1. The molecule has 6 nitrogen and oxygen atoms in total. The first-order valence-electron chi connectivity index (χ1n) is 9.83. The summed E-state index contributed by atoms with van der Waals surface area (Å²) in [7, 11) is 0. The molecule has 1 aliphatic rings. The van der Waals surface area contributed by atoms with Crippen LogP contribution in [0.15, 0.2) is 60.9 Å². The second-order valence-corrected chi connectivity index (χ2v) is 7.10. The van der Waals surface area contributed by atoms with E-state index in [1.807, 2.05) is 39.8 Å². The van der Waals surface area contributed by atoms with Gasteiger partial charge in [-0.15, -0.1) is 10.2 Å². The molecule has 0 bridgehead atoms. The zero-order chi connectivity index (χ0) is 20.1. The van der Waals surface area contributed by atoms with Crippen molar-refractivity contribution in [3.05, 3.63) is 72.6 Å². The van der Waals surface area contributed by atoms with Gasteiger partial charge in [-0.3, -0.25) is 9.36 Å². The number of hydrogen-bond donors (Lipinski definition) is 0. The highest BCUT2D eigenvalue weighted by atomic mass is 19.1. The summed E-state index contributed by atoms with van der Waals surface area (Å²) in [6.07, 6.45) is 4.44. The molecule has 0 aliphatic carbocycles. The van der Waals surface area contributed by atoms with E-state index < -0.39 is 0 Å². The van der Waals surface area contributed by atoms with E-state index in [0.717, 1.165) is 30.9 Å². The van der Waals surface area contributed by atoms with E-state index >= 15 is 0 Å². The largest absolute Gasteiger partial charge is 0.491 e. The average Bonchev–Trinajstić information content (AvgIpc) is 3.42. The molecule has 7 heteroatoms. The summed E-state index contributed by atoms with van der Waals surface area (Å²) in [5.74, 6) is 1.18. The maximum atomic E-state index is 13.0. The number of benzene rings is 2. The molecule has 2 heterocycles. The van der Waals surface area contributed by atoms with Crippen molar-refractivity contribution in [3.63, 3.8) is 0 Å². The van der Waals surface area contributed by atoms with Crippen LogP contribution in [0, 0.1) is 5.82 Å². The van der Waals surface area contributed by atoms with Crippen molar-refractivity contribution in [1.82, 2.24) is 19.7 Å². The fraction of sp³-hybridized carbons (Fsp3) is 0.318. The molecule has 29 heavy (non-hydrogen) atoms. The Kier molecular flexibility index (Phi) is 5.84. The van der Waals surface area contributed by atoms with Crippen LogP contribution in [0.5, 0.6) is 5.75 Å². The number of halogens is 1. The highest BCUT2D eigenvalue weighted by Crippen LogP contribution is 2.21. The van der Waals surface area contributed by atoms with Gasteiger partial charge < -0.3 is 9.64 Å². The summed E-state index contributed by atoms with van der Waals surface area (Å²) in [4.78, 5) is 14.7. The van der Waals surface area contributed by atoms with Crippen LogP contribution in [-0.2, 0) is 11.2 Å². The van der Waals surface area contributed by atoms with Gasteiger partial charge in [-0.25, -0.2) is 4.39 Å². The number of rotatable bonds is 7. The molecule has 1 saturated heterocycles. The normalized spacial score (nSPS) is 16.2. The van der Waals surface area contributed by atoms with Gasteiger partial charge in [-0.05, 0) is 49.2 Å². The third kappa shape index (κ3) is 4.62. The minimum absolute atomic E-state index is 0.0412. The summed E-state index contributed by atoms with van der Waals surface area (Å²) >= 11 is 0. The first kappa shape index (κ1) is 19.1. The van der Waals surface area contributed by atoms with Crippen LogP contribution in [0.1, 0.15) is 25.1 Å². The Hall–Kier alpha value is -3.22. The van der Waals surface area contributed by atoms with E-state index in [2.05, 4.69) is 10.2 Å². The number of nitrogens with zero attached hydrogens (tertiary/aromatic N) is 4. The Morgan fingerprint density at radius 1 is 1.14 bits per heavy atom. The average molecular weight is 394 g/mol. The number of hydrogen-bond acceptors (Lipinski definition) is 4. The molecule has 2 aromatic carbocycles. The molecule has 4 rings (SSSR count). The number of aromatic nitrogens is 3. The van der Waals surface area contributed by atoms with Crippen molar-refractivity contribution < 1.29 is 13.9 Å². The van der Waals surface area contributed by atoms with E-state index in [-0.39, 0.29) is 17.8 Å². The fourth-order valence-electron chi connectivity index (χ4n) is 3.66. The Morgan fingerprint density at radius 3 is 2.72 bits per heavy atom. The number of carbonyl (C=O) groups excluding carboxylic acids is 1. The Labute approximate surface area is 168 Å². The third-order valence-corrected chi connectivity index (χ3v) is 5.17. The maximum Gasteiger partial charge on any atom is 0.223 e. The molecule has 1 unspecified atom stereocenters. The summed E-state index contributed by atoms with van der Waals surface area (Å²) in [6.45, 7) is 1.15. The van der Waals surface area contributed by atoms with Gasteiger partial charge in [0.25, 0.3) is 0 Å². The van der Waals surface area contributed by atoms with Gasteiger partial charge in [0.15, 0.2) is 0 Å². The predicted molar refractivity (Wildman–Crippen MR) is 106 cm³/mol. The highest BCUT2D eigenvalue weighted by molar-refractivity contribution is 5.77. The van der Waals surface area contributed by atoms with E-state index in [9.17, 15) is 9.18 Å². The molecule has 3 aromatic rings. The third-order valence-electron chi connectivity index (χ3n) is 5.17. The topological polar surface area (TPSA) is 60.2 Å². The standard InChI is InChI=1S/C22H23FN4O2/c23-17-8-10-20(11-9-17)29-15-19-7-4-14-26(19)22(28)13-12-21-25-24-16-27(21)18-5-2-1-3-6-18/h1-3,5-6,8-11,16,19H,4,7,12-15H2. The Morgan fingerprint density at radius 2 is 1.93 bits per heavy atom. The van der Waals surface area contributed by atoms with Crippen LogP contribution < -0.4 is 4.74 Å². The second kappa shape index (κ2) is 8.86. The van der Waals surface area contributed by atoms with Crippen LogP contribution in [-0.4, -0.2) is 44.8 Å². The molecule has 1 aromatic heterocycles. The molecular weight excluding hydrogens is 371 g/mol. The first-order valence-corrected chi connectivity index (χ1v) is 9.83. The lowest BCUT2D eigenvalue weighted by Gasteiger charge is -2.25. The highest BCUT2D eigenvalue weighted by Gasteiger charge is 2.29. The molecule has 0 N–H and O–H groups in total. The van der Waals surface area contributed by atoms with Crippen LogP contribution in [0.25, 0.3) is 5.69 Å². The van der Waals surface area contributed by atoms with E-state index in [0.29, 0.717) is 25.2 Å². The van der Waals surface area contributed by atoms with Crippen molar-refractivity contribution in [3.8, 4) is 11.4 Å². The van der Waals surface area contributed by atoms with Gasteiger partial charge in [0.05, 0.1) is 6.04 Å². The monoisotopic (exact) mass is 394 g/mol. The molecule has 0 radical (unpaired) electrons. The first-order chi connectivity index (χ1) is 14.2. The molecule has 150 valence electrons. The van der Waals surface area contributed by atoms with E-state index in [4.69, 9.17) is 4.74 Å². The molecular formula is C22H23FN4O2. The molecule has 0 spiro atoms. The lowest BCUT2D eigenvalue weighted by atomic mass is 10.2. The van der Waals surface area contributed by atoms with Gasteiger partial charge in [0.1, 0.15) is 30.3 Å². The maximum absolute atomic E-state index is 13.0. The van der Waals surface area contributed by atoms with Gasteiger partial charge in [-0.1, -0.05) is 18.2 Å². The van der Waals surface area contributed by atoms with E-state index in [1.165, 1.54) is 12.1 Å². The summed E-state index contributed by atoms with van der Waals surface area (Å²) in [5, 5.41) is 8.18. The van der Waals surface area contributed by atoms with Gasteiger partial charge in [-0.2, -0.15) is 0 Å². The van der Waals surface area contributed by atoms with Crippen molar-refractivity contribution in [2.45, 2.75) is 31.7 Å². The number of amides is 1. The molecule has 0 saturated carbocycles. The van der Waals surface area contributed by atoms with Crippen molar-refractivity contribution in [2.75, 3.05) is 13.2 Å². The van der Waals surface area contributed by atoms with Crippen LogP contribution in [0.4, 0.5) is 4.39 Å². The number of carbonyl (C=O) groups is 1. The van der Waals surface area contributed by atoms with Crippen molar-refractivity contribution in [2.24, 2.45) is 0 Å². The fourth-order valence-corrected chi connectivity index (χ4v) is 3.66. The van der Waals surface area contributed by atoms with Gasteiger partial charge >= 0.3 is 0 Å². The lowest BCUT2D eigenvalue weighted by molar-refractivity contribution is -0.132.